The number of ether oxygens (including phenoxy) is 2. The smallest absolute Gasteiger partial charge is 0.240 e. The third-order valence-electron chi connectivity index (χ3n) is 3.66. The Hall–Kier alpha value is -1.46. The highest BCUT2D eigenvalue weighted by Gasteiger charge is 2.46. The Kier molecular flexibility index (Phi) is 6.50. The molecule has 1 aromatic carbocycles. The summed E-state index contributed by atoms with van der Waals surface area (Å²) >= 11 is 0. The monoisotopic (exact) mass is 328 g/mol. The van der Waals surface area contributed by atoms with Gasteiger partial charge in [0.15, 0.2) is 11.5 Å². The first-order chi connectivity index (χ1) is 10.00. The number of rotatable bonds is 7. The second-order valence-corrected chi connectivity index (χ2v) is 5.42. The molecule has 124 valence electrons. The number of amides is 1. The van der Waals surface area contributed by atoms with Crippen molar-refractivity contribution in [1.29, 1.82) is 0 Å². The van der Waals surface area contributed by atoms with E-state index in [0.717, 1.165) is 24.2 Å². The Morgan fingerprint density at radius 3 is 2.41 bits per heavy atom. The summed E-state index contributed by atoms with van der Waals surface area (Å²) in [6, 6.07) is 5.61. The summed E-state index contributed by atoms with van der Waals surface area (Å²) in [6.07, 6.45) is 1.53. The molecule has 0 aromatic heterocycles. The Balaban J connectivity index is 0.00000242. The van der Waals surface area contributed by atoms with Gasteiger partial charge >= 0.3 is 0 Å². The second kappa shape index (κ2) is 7.70. The number of halogens is 1. The number of nitrogens with one attached hydrogen (secondary N) is 1. The predicted octanol–water partition coefficient (Wildman–Crippen LogP) is 2.57. The highest BCUT2D eigenvalue weighted by molar-refractivity contribution is 5.89. The van der Waals surface area contributed by atoms with Gasteiger partial charge in [0.2, 0.25) is 5.91 Å². The van der Waals surface area contributed by atoms with Crippen molar-refractivity contribution >= 4 is 18.3 Å². The molecule has 1 atom stereocenters. The summed E-state index contributed by atoms with van der Waals surface area (Å²) < 4.78 is 11.1. The molecular formula is C16H25ClN2O3. The summed E-state index contributed by atoms with van der Waals surface area (Å²) in [4.78, 5) is 12.0. The molecular weight excluding hydrogens is 304 g/mol. The van der Waals surface area contributed by atoms with Crippen molar-refractivity contribution in [3.63, 3.8) is 0 Å². The fourth-order valence-corrected chi connectivity index (χ4v) is 2.12. The maximum atomic E-state index is 12.0. The zero-order chi connectivity index (χ0) is 15.5. The van der Waals surface area contributed by atoms with Gasteiger partial charge in [-0.2, -0.15) is 0 Å². The molecule has 1 fully saturated rings. The van der Waals surface area contributed by atoms with E-state index in [1.807, 2.05) is 39.0 Å². The van der Waals surface area contributed by atoms with Gasteiger partial charge in [-0.05, 0) is 51.3 Å². The van der Waals surface area contributed by atoms with Crippen LogP contribution in [0.4, 0.5) is 0 Å². The Morgan fingerprint density at radius 1 is 1.27 bits per heavy atom. The molecule has 6 heteroatoms. The van der Waals surface area contributed by atoms with Gasteiger partial charge in [0, 0.05) is 0 Å². The average Bonchev–Trinajstić information content (AvgIpc) is 3.20. The van der Waals surface area contributed by atoms with Crippen LogP contribution in [0.25, 0.3) is 0 Å². The minimum absolute atomic E-state index is 0. The first-order valence-electron chi connectivity index (χ1n) is 7.49. The van der Waals surface area contributed by atoms with E-state index in [9.17, 15) is 4.79 Å². The van der Waals surface area contributed by atoms with E-state index in [-0.39, 0.29) is 24.4 Å². The SMILES string of the molecule is CCOc1ccc(C(C)NC(=O)C2(N)CC2)cc1OCC.Cl. The maximum Gasteiger partial charge on any atom is 0.240 e. The van der Waals surface area contributed by atoms with Crippen molar-refractivity contribution in [1.82, 2.24) is 5.32 Å². The molecule has 0 spiro atoms. The minimum atomic E-state index is -0.651. The molecule has 1 unspecified atom stereocenters. The summed E-state index contributed by atoms with van der Waals surface area (Å²) in [5.41, 5.74) is 6.22. The van der Waals surface area contributed by atoms with E-state index in [0.29, 0.717) is 19.0 Å². The van der Waals surface area contributed by atoms with E-state index in [1.54, 1.807) is 0 Å². The molecule has 0 saturated heterocycles. The highest BCUT2D eigenvalue weighted by Crippen LogP contribution is 2.34. The average molecular weight is 329 g/mol. The van der Waals surface area contributed by atoms with Crippen LogP contribution in [0.3, 0.4) is 0 Å². The lowest BCUT2D eigenvalue weighted by Crippen LogP contribution is -2.43. The number of nitrogens with two attached hydrogens (primary N) is 1. The van der Waals surface area contributed by atoms with E-state index >= 15 is 0 Å². The molecule has 3 N–H and O–H groups in total. The van der Waals surface area contributed by atoms with Gasteiger partial charge < -0.3 is 20.5 Å². The van der Waals surface area contributed by atoms with Gasteiger partial charge in [0.25, 0.3) is 0 Å². The second-order valence-electron chi connectivity index (χ2n) is 5.42. The highest BCUT2D eigenvalue weighted by atomic mass is 35.5. The molecule has 0 heterocycles. The normalized spacial score (nSPS) is 16.2. The van der Waals surface area contributed by atoms with Crippen molar-refractivity contribution < 1.29 is 14.3 Å². The lowest BCUT2D eigenvalue weighted by atomic mass is 10.1. The molecule has 0 radical (unpaired) electrons. The Labute approximate surface area is 138 Å². The van der Waals surface area contributed by atoms with Crippen molar-refractivity contribution in [2.75, 3.05) is 13.2 Å². The molecule has 1 aliphatic carbocycles. The van der Waals surface area contributed by atoms with Gasteiger partial charge in [0.1, 0.15) is 0 Å². The molecule has 1 amide bonds. The molecule has 22 heavy (non-hydrogen) atoms. The van der Waals surface area contributed by atoms with Crippen molar-refractivity contribution in [3.05, 3.63) is 23.8 Å². The van der Waals surface area contributed by atoms with Gasteiger partial charge in [-0.15, -0.1) is 12.4 Å². The van der Waals surface area contributed by atoms with Crippen LogP contribution in [0.2, 0.25) is 0 Å². The predicted molar refractivity (Wildman–Crippen MR) is 88.7 cm³/mol. The number of benzene rings is 1. The van der Waals surface area contributed by atoms with E-state index < -0.39 is 5.54 Å². The van der Waals surface area contributed by atoms with Crippen LogP contribution in [0, 0.1) is 0 Å². The molecule has 2 rings (SSSR count). The zero-order valence-corrected chi connectivity index (χ0v) is 14.2. The summed E-state index contributed by atoms with van der Waals surface area (Å²) in [7, 11) is 0. The van der Waals surface area contributed by atoms with Crippen molar-refractivity contribution in [2.24, 2.45) is 5.73 Å². The van der Waals surface area contributed by atoms with Gasteiger partial charge in [-0.1, -0.05) is 6.07 Å². The van der Waals surface area contributed by atoms with Crippen LogP contribution in [0.5, 0.6) is 11.5 Å². The molecule has 1 aliphatic rings. The zero-order valence-electron chi connectivity index (χ0n) is 13.3. The Bertz CT molecular complexity index is 518. The first kappa shape index (κ1) is 18.6. The third-order valence-corrected chi connectivity index (χ3v) is 3.66. The van der Waals surface area contributed by atoms with Gasteiger partial charge in [-0.3, -0.25) is 4.79 Å². The van der Waals surface area contributed by atoms with Crippen LogP contribution >= 0.6 is 12.4 Å². The molecule has 5 nitrogen and oxygen atoms in total. The molecule has 0 bridgehead atoms. The van der Waals surface area contributed by atoms with E-state index in [2.05, 4.69) is 5.32 Å². The van der Waals surface area contributed by atoms with E-state index in [4.69, 9.17) is 15.2 Å². The molecule has 0 aliphatic heterocycles. The molecule has 1 aromatic rings. The van der Waals surface area contributed by atoms with E-state index in [1.165, 1.54) is 0 Å². The number of hydrogen-bond donors (Lipinski definition) is 2. The molecule has 1 saturated carbocycles. The quantitative estimate of drug-likeness (QED) is 0.806. The van der Waals surface area contributed by atoms with Crippen LogP contribution in [-0.2, 0) is 4.79 Å². The first-order valence-corrected chi connectivity index (χ1v) is 7.49. The fraction of sp³-hybridized carbons (Fsp3) is 0.562. The lowest BCUT2D eigenvalue weighted by molar-refractivity contribution is -0.123. The summed E-state index contributed by atoms with van der Waals surface area (Å²) in [5, 5.41) is 2.96. The Morgan fingerprint density at radius 2 is 1.86 bits per heavy atom. The topological polar surface area (TPSA) is 73.6 Å². The van der Waals surface area contributed by atoms with Crippen molar-refractivity contribution in [3.8, 4) is 11.5 Å². The standard InChI is InChI=1S/C16H24N2O3.ClH/c1-4-20-13-7-6-12(10-14(13)21-5-2)11(3)18-15(19)16(17)8-9-16;/h6-7,10-11H,4-5,8-9,17H2,1-3H3,(H,18,19);1H. The number of hydrogen-bond acceptors (Lipinski definition) is 4. The number of carbonyl (C=O) groups is 1. The van der Waals surface area contributed by atoms with Gasteiger partial charge in [-0.25, -0.2) is 0 Å². The maximum absolute atomic E-state index is 12.0. The minimum Gasteiger partial charge on any atom is -0.490 e. The fourth-order valence-electron chi connectivity index (χ4n) is 2.12. The summed E-state index contributed by atoms with van der Waals surface area (Å²) in [5.74, 6) is 1.34. The van der Waals surface area contributed by atoms with Gasteiger partial charge in [0.05, 0.1) is 24.8 Å². The summed E-state index contributed by atoms with van der Waals surface area (Å²) in [6.45, 7) is 6.95. The van der Waals surface area contributed by atoms with Crippen molar-refractivity contribution in [2.45, 2.75) is 45.2 Å². The number of carbonyl (C=O) groups excluding carboxylic acids is 1. The van der Waals surface area contributed by atoms with Crippen LogP contribution in [0.15, 0.2) is 18.2 Å². The van der Waals surface area contributed by atoms with Crippen LogP contribution in [-0.4, -0.2) is 24.7 Å². The largest absolute Gasteiger partial charge is 0.490 e. The van der Waals surface area contributed by atoms with Crippen LogP contribution < -0.4 is 20.5 Å². The third kappa shape index (κ3) is 4.27. The van der Waals surface area contributed by atoms with Crippen LogP contribution in [0.1, 0.15) is 45.2 Å². The lowest BCUT2D eigenvalue weighted by Gasteiger charge is -2.19.